The molecule has 0 saturated heterocycles. The zero-order valence-electron chi connectivity index (χ0n) is 17.3. The third-order valence-electron chi connectivity index (χ3n) is 5.19. The van der Waals surface area contributed by atoms with Gasteiger partial charge in [-0.05, 0) is 48.1 Å². The van der Waals surface area contributed by atoms with E-state index in [1.165, 1.54) is 33.4 Å². The molecule has 0 radical (unpaired) electrons. The van der Waals surface area contributed by atoms with Crippen LogP contribution in [0.5, 0.6) is 0 Å². The predicted octanol–water partition coefficient (Wildman–Crippen LogP) is 5.37. The maximum atomic E-state index is 11.2. The van der Waals surface area contributed by atoms with Crippen molar-refractivity contribution in [3.63, 3.8) is 0 Å². The fourth-order valence-electron chi connectivity index (χ4n) is 3.61. The highest BCUT2D eigenvalue weighted by Gasteiger charge is 2.12. The van der Waals surface area contributed by atoms with Crippen molar-refractivity contribution in [2.45, 2.75) is 39.8 Å². The van der Waals surface area contributed by atoms with E-state index in [-0.39, 0.29) is 6.42 Å². The fourth-order valence-corrected chi connectivity index (χ4v) is 3.61. The number of hydrogen-bond acceptors (Lipinski definition) is 2. The van der Waals surface area contributed by atoms with Crippen LogP contribution in [0.3, 0.4) is 0 Å². The maximum Gasteiger partial charge on any atom is 0.304 e. The van der Waals surface area contributed by atoms with Crippen LogP contribution in [-0.4, -0.2) is 22.5 Å². The second-order valence-electron chi connectivity index (χ2n) is 7.77. The molecule has 0 aromatic heterocycles. The first-order valence-electron chi connectivity index (χ1n) is 10.1. The fraction of sp³-hybridized carbons (Fsp3) is 0.269. The first-order valence-corrected chi connectivity index (χ1v) is 10.1. The molecular formula is C26H29NO2. The number of aryl methyl sites for hydroxylation is 2. The van der Waals surface area contributed by atoms with Crippen LogP contribution < -0.4 is 0 Å². The summed E-state index contributed by atoms with van der Waals surface area (Å²) in [5, 5.41) is 9.17. The molecule has 0 aliphatic carbocycles. The number of carbonyl (C=O) groups is 1. The van der Waals surface area contributed by atoms with E-state index in [0.717, 1.165) is 19.5 Å². The van der Waals surface area contributed by atoms with Crippen molar-refractivity contribution >= 4 is 5.97 Å². The summed E-state index contributed by atoms with van der Waals surface area (Å²) in [6.07, 6.45) is 1.05. The monoisotopic (exact) mass is 387 g/mol. The van der Waals surface area contributed by atoms with Crippen molar-refractivity contribution in [1.82, 2.24) is 4.90 Å². The molecule has 3 nitrogen and oxygen atoms in total. The smallest absolute Gasteiger partial charge is 0.304 e. The van der Waals surface area contributed by atoms with Crippen LogP contribution >= 0.6 is 0 Å². The van der Waals surface area contributed by atoms with Crippen molar-refractivity contribution in [1.29, 1.82) is 0 Å². The normalized spacial score (nSPS) is 11.0. The Balaban J connectivity index is 1.75. The second-order valence-corrected chi connectivity index (χ2v) is 7.77. The third kappa shape index (κ3) is 6.58. The first kappa shape index (κ1) is 20.8. The molecule has 150 valence electrons. The molecule has 0 fully saturated rings. The highest BCUT2D eigenvalue weighted by atomic mass is 16.4. The Morgan fingerprint density at radius 2 is 1.55 bits per heavy atom. The molecule has 3 aromatic carbocycles. The minimum atomic E-state index is -0.756. The Labute approximate surface area is 173 Å². The van der Waals surface area contributed by atoms with Crippen LogP contribution in [0.2, 0.25) is 0 Å². The lowest BCUT2D eigenvalue weighted by atomic mass is 10.0. The standard InChI is InChI=1S/C26H29NO2/c1-20-11-12-21(2)25(15-20)19-27(14-13-26(28)29)18-24-10-6-9-23(17-24)16-22-7-4-3-5-8-22/h3-12,15,17H,13-14,16,18-19H2,1-2H3,(H,28,29). The Morgan fingerprint density at radius 1 is 0.828 bits per heavy atom. The van der Waals surface area contributed by atoms with E-state index < -0.39 is 5.97 Å². The molecule has 3 rings (SSSR count). The number of carboxylic acid groups (broad SMARTS) is 1. The van der Waals surface area contributed by atoms with E-state index in [9.17, 15) is 9.90 Å². The Hall–Kier alpha value is -2.91. The molecule has 3 aromatic rings. The molecule has 3 heteroatoms. The van der Waals surface area contributed by atoms with E-state index in [0.29, 0.717) is 6.54 Å². The van der Waals surface area contributed by atoms with Gasteiger partial charge in [-0.2, -0.15) is 0 Å². The maximum absolute atomic E-state index is 11.2. The molecule has 0 unspecified atom stereocenters. The molecule has 0 amide bonds. The molecule has 0 atom stereocenters. The Morgan fingerprint density at radius 3 is 2.31 bits per heavy atom. The van der Waals surface area contributed by atoms with E-state index in [1.54, 1.807) is 0 Å². The molecular weight excluding hydrogens is 358 g/mol. The highest BCUT2D eigenvalue weighted by molar-refractivity contribution is 5.66. The Kier molecular flexibility index (Phi) is 7.20. The average molecular weight is 388 g/mol. The van der Waals surface area contributed by atoms with Crippen molar-refractivity contribution in [2.24, 2.45) is 0 Å². The largest absolute Gasteiger partial charge is 0.481 e. The zero-order chi connectivity index (χ0) is 20.6. The molecule has 29 heavy (non-hydrogen) atoms. The van der Waals surface area contributed by atoms with Crippen molar-refractivity contribution in [2.75, 3.05) is 6.54 Å². The molecule has 0 heterocycles. The number of hydrogen-bond donors (Lipinski definition) is 1. The summed E-state index contributed by atoms with van der Waals surface area (Å²) in [6, 6.07) is 25.5. The van der Waals surface area contributed by atoms with Crippen LogP contribution in [0.1, 0.15) is 39.8 Å². The Bertz CT molecular complexity index is 950. The summed E-state index contributed by atoms with van der Waals surface area (Å²) in [7, 11) is 0. The van der Waals surface area contributed by atoms with E-state index in [1.807, 2.05) is 6.07 Å². The van der Waals surface area contributed by atoms with E-state index in [4.69, 9.17) is 0 Å². The molecule has 0 bridgehead atoms. The topological polar surface area (TPSA) is 40.5 Å². The quantitative estimate of drug-likeness (QED) is 0.536. The van der Waals surface area contributed by atoms with Gasteiger partial charge in [0, 0.05) is 19.6 Å². The van der Waals surface area contributed by atoms with Crippen LogP contribution in [0.4, 0.5) is 0 Å². The van der Waals surface area contributed by atoms with Crippen molar-refractivity contribution in [3.8, 4) is 0 Å². The van der Waals surface area contributed by atoms with E-state index in [2.05, 4.69) is 85.5 Å². The lowest BCUT2D eigenvalue weighted by Crippen LogP contribution is -2.26. The molecule has 1 N–H and O–H groups in total. The summed E-state index contributed by atoms with van der Waals surface area (Å²) in [5.74, 6) is -0.756. The van der Waals surface area contributed by atoms with Gasteiger partial charge in [-0.1, -0.05) is 78.4 Å². The van der Waals surface area contributed by atoms with Crippen LogP contribution in [0.25, 0.3) is 0 Å². The van der Waals surface area contributed by atoms with Gasteiger partial charge in [0.1, 0.15) is 0 Å². The van der Waals surface area contributed by atoms with Gasteiger partial charge in [0.25, 0.3) is 0 Å². The van der Waals surface area contributed by atoms with E-state index >= 15 is 0 Å². The number of nitrogens with zero attached hydrogens (tertiary/aromatic N) is 1. The van der Waals surface area contributed by atoms with Gasteiger partial charge in [0.2, 0.25) is 0 Å². The molecule has 0 spiro atoms. The summed E-state index contributed by atoms with van der Waals surface area (Å²) in [4.78, 5) is 13.4. The second kappa shape index (κ2) is 10.0. The van der Waals surface area contributed by atoms with Gasteiger partial charge in [-0.3, -0.25) is 9.69 Å². The summed E-state index contributed by atoms with van der Waals surface area (Å²) >= 11 is 0. The van der Waals surface area contributed by atoms with Gasteiger partial charge in [-0.25, -0.2) is 0 Å². The minimum absolute atomic E-state index is 0.147. The average Bonchev–Trinajstić information content (AvgIpc) is 2.70. The number of benzene rings is 3. The van der Waals surface area contributed by atoms with Gasteiger partial charge in [0.15, 0.2) is 0 Å². The van der Waals surface area contributed by atoms with Gasteiger partial charge >= 0.3 is 5.97 Å². The number of rotatable bonds is 9. The first-order chi connectivity index (χ1) is 14.0. The summed E-state index contributed by atoms with van der Waals surface area (Å²) in [5.41, 5.74) is 7.52. The lowest BCUT2D eigenvalue weighted by molar-refractivity contribution is -0.137. The van der Waals surface area contributed by atoms with Gasteiger partial charge in [-0.15, -0.1) is 0 Å². The third-order valence-corrected chi connectivity index (χ3v) is 5.19. The van der Waals surface area contributed by atoms with Gasteiger partial charge < -0.3 is 5.11 Å². The van der Waals surface area contributed by atoms with Crippen molar-refractivity contribution in [3.05, 3.63) is 106 Å². The molecule has 0 saturated carbocycles. The lowest BCUT2D eigenvalue weighted by Gasteiger charge is -2.23. The van der Waals surface area contributed by atoms with Gasteiger partial charge in [0.05, 0.1) is 6.42 Å². The molecule has 0 aliphatic heterocycles. The summed E-state index contributed by atoms with van der Waals surface area (Å²) in [6.45, 7) is 6.24. The SMILES string of the molecule is Cc1ccc(C)c(CN(CCC(=O)O)Cc2cccc(Cc3ccccc3)c2)c1. The molecule has 0 aliphatic rings. The number of carboxylic acids is 1. The van der Waals surface area contributed by atoms with Crippen LogP contribution in [0, 0.1) is 13.8 Å². The number of aliphatic carboxylic acids is 1. The highest BCUT2D eigenvalue weighted by Crippen LogP contribution is 2.17. The zero-order valence-corrected chi connectivity index (χ0v) is 17.3. The van der Waals surface area contributed by atoms with Crippen LogP contribution in [-0.2, 0) is 24.3 Å². The van der Waals surface area contributed by atoms with Crippen LogP contribution in [0.15, 0.2) is 72.8 Å². The predicted molar refractivity (Wildman–Crippen MR) is 118 cm³/mol. The van der Waals surface area contributed by atoms with Crippen molar-refractivity contribution < 1.29 is 9.90 Å². The minimum Gasteiger partial charge on any atom is -0.481 e. The summed E-state index contributed by atoms with van der Waals surface area (Å²) < 4.78 is 0.